The molecule has 1 aromatic rings. The predicted molar refractivity (Wildman–Crippen MR) is 71.5 cm³/mol. The second-order valence-corrected chi connectivity index (χ2v) is 7.23. The van der Waals surface area contributed by atoms with Gasteiger partial charge >= 0.3 is 0 Å². The highest BCUT2D eigenvalue weighted by Gasteiger charge is 2.49. The van der Waals surface area contributed by atoms with Gasteiger partial charge in [0.15, 0.2) is 15.6 Å². The maximum absolute atomic E-state index is 12.7. The number of sulfone groups is 1. The van der Waals surface area contributed by atoms with Crippen LogP contribution in [0.1, 0.15) is 6.42 Å². The van der Waals surface area contributed by atoms with Gasteiger partial charge in [-0.3, -0.25) is 9.69 Å². The molecule has 3 rings (SSSR count). The standard InChI is InChI=1S/C14H15NO3S/c1-15-11-7-8-13(16)12(15)9-14(11)19(17,18)10-5-3-2-4-6-10/h2-8,11-12,14H,9H2,1H3/t11-,12-,14-/m1/s1. The molecule has 2 aliphatic rings. The fourth-order valence-corrected chi connectivity index (χ4v) is 4.94. The predicted octanol–water partition coefficient (Wildman–Crippen LogP) is 1.04. The van der Waals surface area contributed by atoms with Crippen LogP contribution >= 0.6 is 0 Å². The number of benzene rings is 1. The Hall–Kier alpha value is -1.46. The molecule has 1 fully saturated rings. The third-order valence-electron chi connectivity index (χ3n) is 4.05. The molecule has 0 spiro atoms. The molecule has 0 saturated carbocycles. The van der Waals surface area contributed by atoms with Gasteiger partial charge < -0.3 is 0 Å². The number of likely N-dealkylation sites (N-methyl/N-ethyl adjacent to an activating group) is 1. The Morgan fingerprint density at radius 1 is 1.21 bits per heavy atom. The van der Waals surface area contributed by atoms with Crippen LogP contribution in [0.15, 0.2) is 47.4 Å². The van der Waals surface area contributed by atoms with Gasteiger partial charge in [-0.1, -0.05) is 24.3 Å². The summed E-state index contributed by atoms with van der Waals surface area (Å²) in [6.07, 6.45) is 3.62. The van der Waals surface area contributed by atoms with Crippen LogP contribution in [0.25, 0.3) is 0 Å². The summed E-state index contributed by atoms with van der Waals surface area (Å²) < 4.78 is 25.3. The van der Waals surface area contributed by atoms with Gasteiger partial charge in [-0.15, -0.1) is 0 Å². The Bertz CT molecular complexity index is 636. The zero-order chi connectivity index (χ0) is 13.6. The molecule has 0 N–H and O–H groups in total. The van der Waals surface area contributed by atoms with Gasteiger partial charge in [-0.05, 0) is 31.7 Å². The van der Waals surface area contributed by atoms with Crippen LogP contribution in [0.3, 0.4) is 0 Å². The number of fused-ring (bicyclic) bond motifs is 2. The molecule has 0 amide bonds. The largest absolute Gasteiger partial charge is 0.293 e. The van der Waals surface area contributed by atoms with E-state index in [9.17, 15) is 13.2 Å². The lowest BCUT2D eigenvalue weighted by Gasteiger charge is -2.26. The minimum absolute atomic E-state index is 0.00418. The van der Waals surface area contributed by atoms with Crippen LogP contribution in [-0.4, -0.2) is 43.5 Å². The van der Waals surface area contributed by atoms with Crippen LogP contribution in [-0.2, 0) is 14.6 Å². The molecule has 4 nitrogen and oxygen atoms in total. The Labute approximate surface area is 112 Å². The van der Waals surface area contributed by atoms with Gasteiger partial charge in [0, 0.05) is 6.04 Å². The van der Waals surface area contributed by atoms with Crippen molar-refractivity contribution in [3.8, 4) is 0 Å². The van der Waals surface area contributed by atoms with Crippen molar-refractivity contribution in [1.82, 2.24) is 4.90 Å². The second-order valence-electron chi connectivity index (χ2n) is 5.07. The van der Waals surface area contributed by atoms with E-state index >= 15 is 0 Å². The fraction of sp³-hybridized carbons (Fsp3) is 0.357. The van der Waals surface area contributed by atoms with Gasteiger partial charge in [-0.25, -0.2) is 8.42 Å². The average molecular weight is 277 g/mol. The second kappa shape index (κ2) is 4.28. The normalized spacial score (nSPS) is 30.8. The molecule has 1 saturated heterocycles. The quantitative estimate of drug-likeness (QED) is 0.810. The van der Waals surface area contributed by atoms with Crippen molar-refractivity contribution in [3.63, 3.8) is 0 Å². The van der Waals surface area contributed by atoms with E-state index in [1.165, 1.54) is 6.08 Å². The molecular weight excluding hydrogens is 262 g/mol. The first kappa shape index (κ1) is 12.6. The van der Waals surface area contributed by atoms with E-state index in [1.807, 2.05) is 11.9 Å². The van der Waals surface area contributed by atoms with Crippen molar-refractivity contribution < 1.29 is 13.2 Å². The summed E-state index contributed by atoms with van der Waals surface area (Å²) in [4.78, 5) is 14.0. The van der Waals surface area contributed by atoms with Gasteiger partial charge in [0.1, 0.15) is 0 Å². The number of hydrogen-bond donors (Lipinski definition) is 0. The van der Waals surface area contributed by atoms with Crippen LogP contribution in [0.2, 0.25) is 0 Å². The minimum atomic E-state index is -3.39. The lowest BCUT2D eigenvalue weighted by molar-refractivity contribution is -0.119. The van der Waals surface area contributed by atoms with E-state index in [0.717, 1.165) is 0 Å². The summed E-state index contributed by atoms with van der Waals surface area (Å²) in [5.74, 6) is 0.00418. The molecule has 2 bridgehead atoms. The SMILES string of the molecule is CN1[C@@H]2C[C@@H](S(=O)(=O)c3ccccc3)[C@H]1C=CC2=O. The molecule has 0 aromatic heterocycles. The molecule has 5 heteroatoms. The van der Waals surface area contributed by atoms with E-state index in [1.54, 1.807) is 36.4 Å². The Morgan fingerprint density at radius 3 is 2.53 bits per heavy atom. The molecule has 0 aliphatic carbocycles. The third-order valence-corrected chi connectivity index (χ3v) is 6.25. The maximum Gasteiger partial charge on any atom is 0.183 e. The van der Waals surface area contributed by atoms with Gasteiger partial charge in [0.2, 0.25) is 0 Å². The first-order chi connectivity index (χ1) is 9.01. The fourth-order valence-electron chi connectivity index (χ4n) is 2.97. The van der Waals surface area contributed by atoms with Crippen molar-refractivity contribution in [2.45, 2.75) is 28.6 Å². The van der Waals surface area contributed by atoms with Crippen LogP contribution in [0, 0.1) is 0 Å². The number of carbonyl (C=O) groups is 1. The van der Waals surface area contributed by atoms with Crippen LogP contribution in [0.5, 0.6) is 0 Å². The summed E-state index contributed by atoms with van der Waals surface area (Å²) in [6, 6.07) is 7.97. The molecule has 2 heterocycles. The van der Waals surface area contributed by atoms with E-state index in [4.69, 9.17) is 0 Å². The van der Waals surface area contributed by atoms with Gasteiger partial charge in [0.25, 0.3) is 0 Å². The summed E-state index contributed by atoms with van der Waals surface area (Å²) in [5, 5.41) is -0.535. The Kier molecular flexibility index (Phi) is 2.83. The monoisotopic (exact) mass is 277 g/mol. The van der Waals surface area contributed by atoms with Crippen molar-refractivity contribution >= 4 is 15.6 Å². The summed E-state index contributed by atoms with van der Waals surface area (Å²) in [5.41, 5.74) is 0. The number of carbonyl (C=O) groups excluding carboxylic acids is 1. The first-order valence-corrected chi connectivity index (χ1v) is 7.79. The highest BCUT2D eigenvalue weighted by Crippen LogP contribution is 2.35. The maximum atomic E-state index is 12.7. The summed E-state index contributed by atoms with van der Waals surface area (Å²) in [6.45, 7) is 0. The van der Waals surface area contributed by atoms with E-state index in [-0.39, 0.29) is 17.9 Å². The number of rotatable bonds is 2. The molecule has 100 valence electrons. The zero-order valence-electron chi connectivity index (χ0n) is 10.6. The van der Waals surface area contributed by atoms with Crippen molar-refractivity contribution in [2.75, 3.05) is 7.05 Å². The van der Waals surface area contributed by atoms with Crippen molar-refractivity contribution in [3.05, 3.63) is 42.5 Å². The Morgan fingerprint density at radius 2 is 1.89 bits per heavy atom. The molecule has 1 aromatic carbocycles. The molecule has 2 aliphatic heterocycles. The van der Waals surface area contributed by atoms with E-state index < -0.39 is 15.1 Å². The number of nitrogens with zero attached hydrogens (tertiary/aromatic N) is 1. The molecule has 0 radical (unpaired) electrons. The van der Waals surface area contributed by atoms with Crippen LogP contribution in [0.4, 0.5) is 0 Å². The molecule has 0 unspecified atom stereocenters. The highest BCUT2D eigenvalue weighted by atomic mass is 32.2. The lowest BCUT2D eigenvalue weighted by Crippen LogP contribution is -2.41. The Balaban J connectivity index is 2.01. The minimum Gasteiger partial charge on any atom is -0.293 e. The van der Waals surface area contributed by atoms with Crippen molar-refractivity contribution in [2.24, 2.45) is 0 Å². The van der Waals surface area contributed by atoms with Gasteiger partial charge in [-0.2, -0.15) is 0 Å². The molecule has 19 heavy (non-hydrogen) atoms. The highest BCUT2D eigenvalue weighted by molar-refractivity contribution is 7.92. The third kappa shape index (κ3) is 1.84. The number of hydrogen-bond acceptors (Lipinski definition) is 4. The van der Waals surface area contributed by atoms with Crippen LogP contribution < -0.4 is 0 Å². The topological polar surface area (TPSA) is 54.5 Å². The lowest BCUT2D eigenvalue weighted by atomic mass is 10.1. The average Bonchev–Trinajstić information content (AvgIpc) is 2.63. The first-order valence-electron chi connectivity index (χ1n) is 6.25. The molecular formula is C14H15NO3S. The van der Waals surface area contributed by atoms with E-state index in [2.05, 4.69) is 0 Å². The van der Waals surface area contributed by atoms with Gasteiger partial charge in [0.05, 0.1) is 16.2 Å². The number of ketones is 1. The summed E-state index contributed by atoms with van der Waals surface area (Å²) in [7, 11) is -1.58. The zero-order valence-corrected chi connectivity index (χ0v) is 11.4. The summed E-state index contributed by atoms with van der Waals surface area (Å²) >= 11 is 0. The molecule has 3 atom stereocenters. The smallest absolute Gasteiger partial charge is 0.183 e. The van der Waals surface area contributed by atoms with E-state index in [0.29, 0.717) is 11.3 Å². The van der Waals surface area contributed by atoms with Crippen molar-refractivity contribution in [1.29, 1.82) is 0 Å².